The number of carbonyl (C=O) groups is 3. The first-order valence-corrected chi connectivity index (χ1v) is 7.87. The van der Waals surface area contributed by atoms with Crippen molar-refractivity contribution in [3.8, 4) is 0 Å². The zero-order valence-electron chi connectivity index (χ0n) is 14.1. The molecule has 2 rings (SSSR count). The fourth-order valence-corrected chi connectivity index (χ4v) is 2.95. The van der Waals surface area contributed by atoms with Crippen LogP contribution in [0.15, 0.2) is 24.3 Å². The van der Waals surface area contributed by atoms with Gasteiger partial charge in [0, 0.05) is 18.3 Å². The van der Waals surface area contributed by atoms with Gasteiger partial charge in [-0.3, -0.25) is 14.4 Å². The summed E-state index contributed by atoms with van der Waals surface area (Å²) in [5.41, 5.74) is 2.88. The maximum atomic E-state index is 12.6. The first-order chi connectivity index (χ1) is 11.3. The summed E-state index contributed by atoms with van der Waals surface area (Å²) in [5.74, 6) is -2.77. The Morgan fingerprint density at radius 1 is 1.04 bits per heavy atom. The Kier molecular flexibility index (Phi) is 5.39. The number of rotatable bonds is 4. The third-order valence-corrected chi connectivity index (χ3v) is 4.32. The van der Waals surface area contributed by atoms with Crippen molar-refractivity contribution in [2.24, 2.45) is 11.8 Å². The number of nitrogens with one attached hydrogen (secondary N) is 2. The van der Waals surface area contributed by atoms with Gasteiger partial charge in [-0.25, -0.2) is 0 Å². The Morgan fingerprint density at radius 3 is 2.25 bits per heavy atom. The van der Waals surface area contributed by atoms with Crippen LogP contribution in [0.2, 0.25) is 0 Å². The van der Waals surface area contributed by atoms with Crippen molar-refractivity contribution in [1.82, 2.24) is 0 Å². The quantitative estimate of drug-likeness (QED) is 0.740. The van der Waals surface area contributed by atoms with Crippen molar-refractivity contribution >= 4 is 29.2 Å². The van der Waals surface area contributed by atoms with Crippen LogP contribution in [0, 0.1) is 25.7 Å². The molecule has 1 aromatic carbocycles. The van der Waals surface area contributed by atoms with E-state index in [9.17, 15) is 19.5 Å². The van der Waals surface area contributed by atoms with Gasteiger partial charge in [0.05, 0.1) is 11.8 Å². The molecular formula is C18H22N2O4. The largest absolute Gasteiger partial charge is 0.481 e. The second-order valence-corrected chi connectivity index (χ2v) is 6.09. The fourth-order valence-electron chi connectivity index (χ4n) is 2.95. The van der Waals surface area contributed by atoms with Crippen LogP contribution in [-0.2, 0) is 14.4 Å². The lowest BCUT2D eigenvalue weighted by Crippen LogP contribution is -2.34. The summed E-state index contributed by atoms with van der Waals surface area (Å²) in [4.78, 5) is 35.2. The summed E-state index contributed by atoms with van der Waals surface area (Å²) in [5, 5.41) is 14.9. The van der Waals surface area contributed by atoms with Gasteiger partial charge in [0.25, 0.3) is 0 Å². The topological polar surface area (TPSA) is 95.5 Å². The highest BCUT2D eigenvalue weighted by molar-refractivity contribution is 5.98. The molecule has 0 saturated heterocycles. The molecule has 0 unspecified atom stereocenters. The molecule has 0 aromatic heterocycles. The molecule has 1 aliphatic rings. The molecule has 2 atom stereocenters. The lowest BCUT2D eigenvalue weighted by atomic mass is 9.82. The summed E-state index contributed by atoms with van der Waals surface area (Å²) < 4.78 is 0. The Balaban J connectivity index is 2.24. The minimum atomic E-state index is -0.959. The number of anilines is 2. The number of amides is 2. The molecule has 0 bridgehead atoms. The van der Waals surface area contributed by atoms with Crippen molar-refractivity contribution < 1.29 is 19.5 Å². The molecule has 0 radical (unpaired) electrons. The van der Waals surface area contributed by atoms with Gasteiger partial charge in [-0.2, -0.15) is 0 Å². The van der Waals surface area contributed by atoms with Gasteiger partial charge >= 0.3 is 5.97 Å². The second-order valence-electron chi connectivity index (χ2n) is 6.09. The highest BCUT2D eigenvalue weighted by Gasteiger charge is 2.34. The maximum absolute atomic E-state index is 12.6. The van der Waals surface area contributed by atoms with E-state index in [2.05, 4.69) is 10.6 Å². The number of aryl methyl sites for hydroxylation is 1. The van der Waals surface area contributed by atoms with Crippen LogP contribution in [0.1, 0.15) is 30.9 Å². The summed E-state index contributed by atoms with van der Waals surface area (Å²) in [6.45, 7) is 5.11. The molecule has 1 aliphatic carbocycles. The monoisotopic (exact) mass is 330 g/mol. The van der Waals surface area contributed by atoms with Gasteiger partial charge < -0.3 is 15.7 Å². The second kappa shape index (κ2) is 7.29. The summed E-state index contributed by atoms with van der Waals surface area (Å²) in [6.07, 6.45) is 4.41. The highest BCUT2D eigenvalue weighted by Crippen LogP contribution is 2.30. The normalized spacial score (nSPS) is 19.6. The van der Waals surface area contributed by atoms with E-state index in [0.717, 1.165) is 11.1 Å². The van der Waals surface area contributed by atoms with E-state index in [1.54, 1.807) is 12.1 Å². The third-order valence-electron chi connectivity index (χ3n) is 4.32. The van der Waals surface area contributed by atoms with E-state index in [0.29, 0.717) is 24.2 Å². The molecule has 3 N–H and O–H groups in total. The number of hydrogen-bond donors (Lipinski definition) is 3. The predicted octanol–water partition coefficient (Wildman–Crippen LogP) is 2.87. The molecule has 0 fully saturated rings. The Labute approximate surface area is 140 Å². The average Bonchev–Trinajstić information content (AvgIpc) is 2.53. The number of aliphatic carboxylic acids is 1. The van der Waals surface area contributed by atoms with Crippen LogP contribution < -0.4 is 10.6 Å². The molecule has 0 saturated carbocycles. The Bertz CT molecular complexity index is 709. The lowest BCUT2D eigenvalue weighted by molar-refractivity contribution is -0.146. The van der Waals surface area contributed by atoms with Crippen LogP contribution in [0.4, 0.5) is 11.4 Å². The van der Waals surface area contributed by atoms with Gasteiger partial charge in [-0.1, -0.05) is 18.2 Å². The van der Waals surface area contributed by atoms with Crippen LogP contribution >= 0.6 is 0 Å². The number of carboxylic acids is 1. The van der Waals surface area contributed by atoms with E-state index >= 15 is 0 Å². The Morgan fingerprint density at radius 2 is 1.67 bits per heavy atom. The number of benzene rings is 1. The third kappa shape index (κ3) is 3.82. The highest BCUT2D eigenvalue weighted by atomic mass is 16.4. The molecule has 128 valence electrons. The van der Waals surface area contributed by atoms with Crippen molar-refractivity contribution in [3.63, 3.8) is 0 Å². The van der Waals surface area contributed by atoms with Gasteiger partial charge in [0.2, 0.25) is 11.8 Å². The van der Waals surface area contributed by atoms with Crippen LogP contribution in [0.3, 0.4) is 0 Å². The Hall–Kier alpha value is -2.63. The predicted molar refractivity (Wildman–Crippen MR) is 91.8 cm³/mol. The molecule has 6 heteroatoms. The molecule has 0 aliphatic heterocycles. The van der Waals surface area contributed by atoms with Gasteiger partial charge in [0.15, 0.2) is 0 Å². The lowest BCUT2D eigenvalue weighted by Gasteiger charge is -2.25. The van der Waals surface area contributed by atoms with Crippen molar-refractivity contribution in [1.29, 1.82) is 0 Å². The number of allylic oxidation sites excluding steroid dienone is 2. The molecule has 0 spiro atoms. The van der Waals surface area contributed by atoms with Gasteiger partial charge in [-0.05, 0) is 43.9 Å². The summed E-state index contributed by atoms with van der Waals surface area (Å²) >= 11 is 0. The maximum Gasteiger partial charge on any atom is 0.307 e. The van der Waals surface area contributed by atoms with E-state index in [1.807, 2.05) is 26.0 Å². The fraction of sp³-hybridized carbons (Fsp3) is 0.389. The zero-order valence-corrected chi connectivity index (χ0v) is 14.1. The summed E-state index contributed by atoms with van der Waals surface area (Å²) in [7, 11) is 0. The zero-order chi connectivity index (χ0) is 17.9. The van der Waals surface area contributed by atoms with Crippen molar-refractivity contribution in [2.45, 2.75) is 33.6 Å². The molecular weight excluding hydrogens is 308 g/mol. The number of hydrogen-bond acceptors (Lipinski definition) is 3. The molecule has 6 nitrogen and oxygen atoms in total. The minimum Gasteiger partial charge on any atom is -0.481 e. The average molecular weight is 330 g/mol. The number of carbonyl (C=O) groups excluding carboxylic acids is 2. The van der Waals surface area contributed by atoms with Gasteiger partial charge in [-0.15, -0.1) is 0 Å². The van der Waals surface area contributed by atoms with E-state index in [1.165, 1.54) is 6.92 Å². The summed E-state index contributed by atoms with van der Waals surface area (Å²) in [6, 6.07) is 3.58. The molecule has 24 heavy (non-hydrogen) atoms. The van der Waals surface area contributed by atoms with Crippen molar-refractivity contribution in [3.05, 3.63) is 35.4 Å². The standard InChI is InChI=1S/C18H22N2O4/c1-10-8-9-15(11(2)16(10)19-12(3)21)20-17(22)13-6-4-5-7-14(13)18(23)24/h4-5,8-9,13-14H,6-7H2,1-3H3,(H,19,21)(H,20,22)(H,23,24)/t13-,14+/m1/s1. The molecule has 2 amide bonds. The smallest absolute Gasteiger partial charge is 0.307 e. The van der Waals surface area contributed by atoms with Gasteiger partial charge in [0.1, 0.15) is 0 Å². The molecule has 1 aromatic rings. The SMILES string of the molecule is CC(=O)Nc1c(C)ccc(NC(=O)[C@@H]2CC=CC[C@@H]2C(=O)O)c1C. The van der Waals surface area contributed by atoms with Crippen LogP contribution in [0.5, 0.6) is 0 Å². The van der Waals surface area contributed by atoms with E-state index in [4.69, 9.17) is 0 Å². The van der Waals surface area contributed by atoms with Crippen LogP contribution in [0.25, 0.3) is 0 Å². The van der Waals surface area contributed by atoms with Crippen LogP contribution in [-0.4, -0.2) is 22.9 Å². The first-order valence-electron chi connectivity index (χ1n) is 7.87. The van der Waals surface area contributed by atoms with E-state index in [-0.39, 0.29) is 11.8 Å². The first kappa shape index (κ1) is 17.7. The van der Waals surface area contributed by atoms with Crippen molar-refractivity contribution in [2.75, 3.05) is 10.6 Å². The minimum absolute atomic E-state index is 0.187. The van der Waals surface area contributed by atoms with E-state index < -0.39 is 17.8 Å². The number of carboxylic acid groups (broad SMARTS) is 1. The molecule has 0 heterocycles.